The molecule has 2 fully saturated rings. The summed E-state index contributed by atoms with van der Waals surface area (Å²) < 4.78 is 33.4. The number of nitrogens with zero attached hydrogens (tertiary/aromatic N) is 2. The maximum atomic E-state index is 13.2. The summed E-state index contributed by atoms with van der Waals surface area (Å²) in [6.45, 7) is 5.43. The van der Waals surface area contributed by atoms with E-state index in [2.05, 4.69) is 5.32 Å². The predicted octanol–water partition coefficient (Wildman–Crippen LogP) is 1.68. The third-order valence-corrected chi connectivity index (χ3v) is 8.49. The Labute approximate surface area is 184 Å². The largest absolute Gasteiger partial charge is 0.376 e. The molecule has 2 saturated heterocycles. The molecule has 1 aromatic rings. The number of carbonyl (C=O) groups excluding carboxylic acids is 2. The van der Waals surface area contributed by atoms with Crippen molar-refractivity contribution < 1.29 is 22.7 Å². The molecular formula is C22H31N3O5S. The average Bonchev–Trinajstić information content (AvgIpc) is 3.38. The number of sulfonamides is 1. The van der Waals surface area contributed by atoms with Crippen molar-refractivity contribution >= 4 is 27.5 Å². The quantitative estimate of drug-likeness (QED) is 0.738. The van der Waals surface area contributed by atoms with Gasteiger partial charge in [-0.25, -0.2) is 8.42 Å². The van der Waals surface area contributed by atoms with Gasteiger partial charge in [-0.05, 0) is 62.8 Å². The number of benzene rings is 1. The van der Waals surface area contributed by atoms with Crippen molar-refractivity contribution in [3.63, 3.8) is 0 Å². The lowest BCUT2D eigenvalue weighted by molar-refractivity contribution is -0.126. The standard InChI is InChI=1S/C22H31N3O5S/c1-15-12-18-13-20(5-6-21(18)25(15)16(2)26)31(28,29)24-9-7-17(8-10-24)22(27)23-14-19-4-3-11-30-19/h5-6,13,15,17,19H,3-4,7-12,14H2,1-2H3,(H,23,27)/t15-,19-/m1/s1. The summed E-state index contributed by atoms with van der Waals surface area (Å²) >= 11 is 0. The minimum atomic E-state index is -3.64. The molecule has 8 nitrogen and oxygen atoms in total. The molecule has 170 valence electrons. The molecule has 0 spiro atoms. The maximum absolute atomic E-state index is 13.2. The molecule has 0 aromatic heterocycles. The summed E-state index contributed by atoms with van der Waals surface area (Å²) in [4.78, 5) is 26.3. The second kappa shape index (κ2) is 8.88. The Kier molecular flexibility index (Phi) is 6.37. The van der Waals surface area contributed by atoms with Crippen LogP contribution in [0, 0.1) is 5.92 Å². The van der Waals surface area contributed by atoms with Gasteiger partial charge in [-0.1, -0.05) is 0 Å². The Morgan fingerprint density at radius 1 is 1.19 bits per heavy atom. The van der Waals surface area contributed by atoms with Crippen molar-refractivity contribution in [2.45, 2.75) is 63.0 Å². The molecule has 3 aliphatic rings. The van der Waals surface area contributed by atoms with Gasteiger partial charge >= 0.3 is 0 Å². The Morgan fingerprint density at radius 3 is 2.58 bits per heavy atom. The summed E-state index contributed by atoms with van der Waals surface area (Å²) in [7, 11) is -3.64. The number of amides is 2. The summed E-state index contributed by atoms with van der Waals surface area (Å²) in [5.74, 6) is -0.220. The fraction of sp³-hybridized carbons (Fsp3) is 0.636. The highest BCUT2D eigenvalue weighted by Gasteiger charge is 2.34. The van der Waals surface area contributed by atoms with Crippen LogP contribution in [0.4, 0.5) is 5.69 Å². The SMILES string of the molecule is CC(=O)N1c2ccc(S(=O)(=O)N3CCC(C(=O)NC[C@H]4CCCO4)CC3)cc2C[C@H]1C. The zero-order chi connectivity index (χ0) is 22.2. The number of hydrogen-bond acceptors (Lipinski definition) is 5. The van der Waals surface area contributed by atoms with E-state index < -0.39 is 10.0 Å². The van der Waals surface area contributed by atoms with Crippen molar-refractivity contribution in [1.82, 2.24) is 9.62 Å². The van der Waals surface area contributed by atoms with Gasteiger partial charge in [-0.3, -0.25) is 9.59 Å². The van der Waals surface area contributed by atoms with E-state index in [0.29, 0.717) is 38.9 Å². The van der Waals surface area contributed by atoms with E-state index in [1.54, 1.807) is 23.1 Å². The summed E-state index contributed by atoms with van der Waals surface area (Å²) in [6.07, 6.45) is 3.77. The number of anilines is 1. The van der Waals surface area contributed by atoms with E-state index in [9.17, 15) is 18.0 Å². The van der Waals surface area contributed by atoms with Gasteiger partial charge < -0.3 is 15.0 Å². The molecule has 3 heterocycles. The monoisotopic (exact) mass is 449 g/mol. The van der Waals surface area contributed by atoms with Crippen molar-refractivity contribution in [3.05, 3.63) is 23.8 Å². The first kappa shape index (κ1) is 22.2. The molecule has 0 saturated carbocycles. The minimum Gasteiger partial charge on any atom is -0.376 e. The predicted molar refractivity (Wildman–Crippen MR) is 116 cm³/mol. The van der Waals surface area contributed by atoms with E-state index in [1.807, 2.05) is 6.92 Å². The van der Waals surface area contributed by atoms with Crippen molar-refractivity contribution in [2.75, 3.05) is 31.1 Å². The zero-order valence-corrected chi connectivity index (χ0v) is 19.0. The van der Waals surface area contributed by atoms with Crippen molar-refractivity contribution in [3.8, 4) is 0 Å². The van der Waals surface area contributed by atoms with E-state index in [4.69, 9.17) is 4.74 Å². The first-order valence-electron chi connectivity index (χ1n) is 11.1. The van der Waals surface area contributed by atoms with Gasteiger partial charge in [0.05, 0.1) is 11.0 Å². The Balaban J connectivity index is 1.38. The molecule has 1 N–H and O–H groups in total. The number of hydrogen-bond donors (Lipinski definition) is 1. The number of piperidine rings is 1. The molecule has 2 atom stereocenters. The van der Waals surface area contributed by atoms with E-state index in [-0.39, 0.29) is 34.8 Å². The van der Waals surface area contributed by atoms with Gasteiger partial charge in [0.1, 0.15) is 0 Å². The van der Waals surface area contributed by atoms with Crippen LogP contribution in [0.15, 0.2) is 23.1 Å². The fourth-order valence-electron chi connectivity index (χ4n) is 4.92. The first-order chi connectivity index (χ1) is 14.8. The van der Waals surface area contributed by atoms with E-state index >= 15 is 0 Å². The fourth-order valence-corrected chi connectivity index (χ4v) is 6.44. The Hall–Kier alpha value is -1.97. The molecule has 9 heteroatoms. The molecular weight excluding hydrogens is 418 g/mol. The van der Waals surface area contributed by atoms with Crippen LogP contribution in [-0.2, 0) is 30.8 Å². The topological polar surface area (TPSA) is 96.0 Å². The van der Waals surface area contributed by atoms with Gasteiger partial charge in [0.2, 0.25) is 21.8 Å². The second-order valence-corrected chi connectivity index (χ2v) is 10.7. The molecule has 4 rings (SSSR count). The Bertz CT molecular complexity index is 950. The molecule has 31 heavy (non-hydrogen) atoms. The normalized spacial score (nSPS) is 24.9. The molecule has 0 radical (unpaired) electrons. The highest BCUT2D eigenvalue weighted by Crippen LogP contribution is 2.35. The molecule has 3 aliphatic heterocycles. The van der Waals surface area contributed by atoms with E-state index in [1.165, 1.54) is 11.2 Å². The highest BCUT2D eigenvalue weighted by atomic mass is 32.2. The number of rotatable bonds is 5. The molecule has 0 bridgehead atoms. The molecule has 1 aromatic carbocycles. The number of fused-ring (bicyclic) bond motifs is 1. The Morgan fingerprint density at radius 2 is 1.94 bits per heavy atom. The molecule has 2 amide bonds. The van der Waals surface area contributed by atoms with Crippen LogP contribution >= 0.6 is 0 Å². The van der Waals surface area contributed by atoms with Crippen LogP contribution in [-0.4, -0.2) is 62.9 Å². The minimum absolute atomic E-state index is 0.0107. The van der Waals surface area contributed by atoms with Crippen molar-refractivity contribution in [2.24, 2.45) is 5.92 Å². The number of carbonyl (C=O) groups is 2. The van der Waals surface area contributed by atoms with Crippen LogP contribution in [0.3, 0.4) is 0 Å². The number of nitrogens with one attached hydrogen (secondary N) is 1. The van der Waals surface area contributed by atoms with Gasteiger partial charge in [0, 0.05) is 50.8 Å². The third kappa shape index (κ3) is 4.49. The lowest BCUT2D eigenvalue weighted by atomic mass is 9.97. The van der Waals surface area contributed by atoms with Gasteiger partial charge in [-0.2, -0.15) is 4.31 Å². The van der Waals surface area contributed by atoms with Crippen LogP contribution in [0.2, 0.25) is 0 Å². The third-order valence-electron chi connectivity index (χ3n) is 6.60. The van der Waals surface area contributed by atoms with Crippen LogP contribution in [0.25, 0.3) is 0 Å². The van der Waals surface area contributed by atoms with Crippen LogP contribution < -0.4 is 10.2 Å². The molecule has 0 unspecified atom stereocenters. The molecule has 0 aliphatic carbocycles. The summed E-state index contributed by atoms with van der Waals surface area (Å²) in [6, 6.07) is 5.04. The first-order valence-corrected chi connectivity index (χ1v) is 12.5. The van der Waals surface area contributed by atoms with E-state index in [0.717, 1.165) is 30.7 Å². The summed E-state index contributed by atoms with van der Waals surface area (Å²) in [5.41, 5.74) is 1.67. The lowest BCUT2D eigenvalue weighted by Crippen LogP contribution is -2.44. The van der Waals surface area contributed by atoms with Crippen LogP contribution in [0.5, 0.6) is 0 Å². The second-order valence-electron chi connectivity index (χ2n) is 8.79. The smallest absolute Gasteiger partial charge is 0.243 e. The van der Waals surface area contributed by atoms with Gasteiger partial charge in [-0.15, -0.1) is 0 Å². The van der Waals surface area contributed by atoms with Gasteiger partial charge in [0.15, 0.2) is 0 Å². The average molecular weight is 450 g/mol. The van der Waals surface area contributed by atoms with Gasteiger partial charge in [0.25, 0.3) is 0 Å². The highest BCUT2D eigenvalue weighted by molar-refractivity contribution is 7.89. The maximum Gasteiger partial charge on any atom is 0.243 e. The number of ether oxygens (including phenoxy) is 1. The zero-order valence-electron chi connectivity index (χ0n) is 18.2. The van der Waals surface area contributed by atoms with Crippen LogP contribution in [0.1, 0.15) is 45.1 Å². The lowest BCUT2D eigenvalue weighted by Gasteiger charge is -2.31. The summed E-state index contributed by atoms with van der Waals surface area (Å²) in [5, 5.41) is 2.96. The van der Waals surface area contributed by atoms with Crippen molar-refractivity contribution in [1.29, 1.82) is 0 Å².